The van der Waals surface area contributed by atoms with Crippen LogP contribution in [0.1, 0.15) is 36.1 Å². The van der Waals surface area contributed by atoms with Gasteiger partial charge in [-0.2, -0.15) is 17.9 Å². The van der Waals surface area contributed by atoms with Gasteiger partial charge in [-0.25, -0.2) is 0 Å². The van der Waals surface area contributed by atoms with Gasteiger partial charge in [-0.15, -0.1) is 0 Å². The fourth-order valence-electron chi connectivity index (χ4n) is 1.26. The van der Waals surface area contributed by atoms with Gasteiger partial charge < -0.3 is 0 Å². The molecular formula is C11H12BrNS. The van der Waals surface area contributed by atoms with Crippen molar-refractivity contribution in [1.29, 1.82) is 5.26 Å². The molecule has 0 N–H and O–H groups in total. The van der Waals surface area contributed by atoms with Crippen LogP contribution in [0.3, 0.4) is 0 Å². The third-order valence-corrected chi connectivity index (χ3v) is 3.18. The number of thiol groups is 1. The summed E-state index contributed by atoms with van der Waals surface area (Å²) in [6.45, 7) is 4.28. The van der Waals surface area contributed by atoms with E-state index in [1.165, 1.54) is 5.56 Å². The normalized spacial score (nSPS) is 12.6. The van der Waals surface area contributed by atoms with Crippen molar-refractivity contribution in [1.82, 2.24) is 0 Å². The zero-order valence-electron chi connectivity index (χ0n) is 8.16. The molecule has 0 fully saturated rings. The summed E-state index contributed by atoms with van der Waals surface area (Å²) in [7, 11) is 0. The van der Waals surface area contributed by atoms with E-state index in [9.17, 15) is 0 Å². The van der Waals surface area contributed by atoms with Crippen molar-refractivity contribution in [3.63, 3.8) is 0 Å². The molecule has 0 amide bonds. The lowest BCUT2D eigenvalue weighted by Gasteiger charge is -2.10. The zero-order valence-corrected chi connectivity index (χ0v) is 10.6. The lowest BCUT2D eigenvalue weighted by Crippen LogP contribution is -1.92. The molecule has 0 radical (unpaired) electrons. The van der Waals surface area contributed by atoms with Gasteiger partial charge in [-0.3, -0.25) is 0 Å². The molecule has 1 rings (SSSR count). The maximum absolute atomic E-state index is 8.72. The second-order valence-electron chi connectivity index (χ2n) is 3.47. The maximum atomic E-state index is 8.72. The van der Waals surface area contributed by atoms with Crippen LogP contribution in [0.15, 0.2) is 22.7 Å². The van der Waals surface area contributed by atoms with Crippen LogP contribution in [0.25, 0.3) is 0 Å². The Hall–Kier alpha value is -0.460. The Balaban J connectivity index is 3.08. The van der Waals surface area contributed by atoms with Crippen molar-refractivity contribution in [3.05, 3.63) is 33.8 Å². The summed E-state index contributed by atoms with van der Waals surface area (Å²) >= 11 is 7.67. The van der Waals surface area contributed by atoms with E-state index in [1.54, 1.807) is 0 Å². The number of halogens is 1. The topological polar surface area (TPSA) is 23.8 Å². The summed E-state index contributed by atoms with van der Waals surface area (Å²) < 4.78 is 1.05. The van der Waals surface area contributed by atoms with E-state index in [0.717, 1.165) is 10.0 Å². The molecule has 1 aromatic rings. The first-order valence-corrected chi connectivity index (χ1v) is 5.74. The van der Waals surface area contributed by atoms with Crippen LogP contribution in [-0.4, -0.2) is 0 Å². The highest BCUT2D eigenvalue weighted by molar-refractivity contribution is 9.10. The Bertz CT molecular complexity index is 368. The molecule has 0 aliphatic rings. The van der Waals surface area contributed by atoms with Crippen molar-refractivity contribution >= 4 is 28.6 Å². The van der Waals surface area contributed by atoms with Crippen LogP contribution in [0, 0.1) is 11.3 Å². The second kappa shape index (κ2) is 4.86. The predicted molar refractivity (Wildman–Crippen MR) is 65.6 cm³/mol. The fourth-order valence-corrected chi connectivity index (χ4v) is 2.27. The van der Waals surface area contributed by atoms with Gasteiger partial charge in [-0.05, 0) is 23.1 Å². The standard InChI is InChI=1S/C11H12BrNS/c1-7(2)9-4-3-8(5-10(9)12)11(14)6-13/h3-5,7,11,14H,1-2H3. The van der Waals surface area contributed by atoms with Gasteiger partial charge >= 0.3 is 0 Å². The van der Waals surface area contributed by atoms with Crippen molar-refractivity contribution in [2.24, 2.45) is 0 Å². The number of benzene rings is 1. The summed E-state index contributed by atoms with van der Waals surface area (Å²) in [4.78, 5) is 0. The Labute approximate surface area is 98.7 Å². The van der Waals surface area contributed by atoms with Crippen molar-refractivity contribution in [3.8, 4) is 6.07 Å². The van der Waals surface area contributed by atoms with Crippen LogP contribution in [0.4, 0.5) is 0 Å². The molecule has 74 valence electrons. The number of hydrogen-bond acceptors (Lipinski definition) is 2. The molecule has 0 bridgehead atoms. The lowest BCUT2D eigenvalue weighted by atomic mass is 10.0. The highest BCUT2D eigenvalue weighted by atomic mass is 79.9. The summed E-state index contributed by atoms with van der Waals surface area (Å²) in [5.41, 5.74) is 2.19. The highest BCUT2D eigenvalue weighted by Gasteiger charge is 2.09. The van der Waals surface area contributed by atoms with E-state index in [2.05, 4.69) is 48.5 Å². The summed E-state index contributed by atoms with van der Waals surface area (Å²) in [6, 6.07) is 8.07. The summed E-state index contributed by atoms with van der Waals surface area (Å²) in [6.07, 6.45) is 0. The molecule has 0 saturated heterocycles. The van der Waals surface area contributed by atoms with Gasteiger partial charge in [0.2, 0.25) is 0 Å². The highest BCUT2D eigenvalue weighted by Crippen LogP contribution is 2.29. The predicted octanol–water partition coefficient (Wildman–Crippen LogP) is 4.07. The number of hydrogen-bond donors (Lipinski definition) is 1. The molecule has 0 saturated carbocycles. The zero-order chi connectivity index (χ0) is 10.7. The van der Waals surface area contributed by atoms with Crippen LogP contribution in [0.5, 0.6) is 0 Å². The molecule has 1 nitrogen and oxygen atoms in total. The van der Waals surface area contributed by atoms with Gasteiger partial charge in [0.05, 0.1) is 6.07 Å². The lowest BCUT2D eigenvalue weighted by molar-refractivity contribution is 0.859. The van der Waals surface area contributed by atoms with Crippen molar-refractivity contribution < 1.29 is 0 Å². The molecule has 3 heteroatoms. The molecule has 0 aromatic heterocycles. The number of nitrogens with zero attached hydrogens (tertiary/aromatic N) is 1. The van der Waals surface area contributed by atoms with E-state index in [4.69, 9.17) is 5.26 Å². The average molecular weight is 270 g/mol. The van der Waals surface area contributed by atoms with E-state index >= 15 is 0 Å². The Morgan fingerprint density at radius 1 is 1.43 bits per heavy atom. The van der Waals surface area contributed by atoms with Gasteiger partial charge in [-0.1, -0.05) is 41.9 Å². The van der Waals surface area contributed by atoms with Crippen LogP contribution < -0.4 is 0 Å². The van der Waals surface area contributed by atoms with Crippen LogP contribution in [-0.2, 0) is 0 Å². The first kappa shape index (κ1) is 11.6. The Morgan fingerprint density at radius 2 is 2.07 bits per heavy atom. The molecule has 1 atom stereocenters. The SMILES string of the molecule is CC(C)c1ccc(C(S)C#N)cc1Br. The first-order valence-electron chi connectivity index (χ1n) is 4.43. The first-order chi connectivity index (χ1) is 6.56. The minimum absolute atomic E-state index is 0.340. The minimum Gasteiger partial charge on any atom is -0.197 e. The molecule has 14 heavy (non-hydrogen) atoms. The average Bonchev–Trinajstić information content (AvgIpc) is 2.15. The van der Waals surface area contributed by atoms with Crippen molar-refractivity contribution in [2.45, 2.75) is 25.0 Å². The van der Waals surface area contributed by atoms with Crippen molar-refractivity contribution in [2.75, 3.05) is 0 Å². The fraction of sp³-hybridized carbons (Fsp3) is 0.364. The quantitative estimate of drug-likeness (QED) is 0.805. The monoisotopic (exact) mass is 269 g/mol. The van der Waals surface area contributed by atoms with E-state index in [-0.39, 0.29) is 5.25 Å². The third kappa shape index (κ3) is 2.52. The molecule has 1 unspecified atom stereocenters. The van der Waals surface area contributed by atoms with E-state index < -0.39 is 0 Å². The Kier molecular flexibility index (Phi) is 4.03. The smallest absolute Gasteiger partial charge is 0.114 e. The van der Waals surface area contributed by atoms with E-state index in [0.29, 0.717) is 5.92 Å². The van der Waals surface area contributed by atoms with E-state index in [1.807, 2.05) is 18.2 Å². The molecule has 0 aliphatic heterocycles. The molecule has 0 aliphatic carbocycles. The maximum Gasteiger partial charge on any atom is 0.114 e. The molecule has 1 aromatic carbocycles. The molecule has 0 spiro atoms. The molecule has 0 heterocycles. The third-order valence-electron chi connectivity index (χ3n) is 2.08. The molecular weight excluding hydrogens is 258 g/mol. The van der Waals surface area contributed by atoms with Crippen LogP contribution >= 0.6 is 28.6 Å². The Morgan fingerprint density at radius 3 is 2.50 bits per heavy atom. The van der Waals surface area contributed by atoms with Crippen LogP contribution in [0.2, 0.25) is 0 Å². The van der Waals surface area contributed by atoms with Gasteiger partial charge in [0.15, 0.2) is 0 Å². The van der Waals surface area contributed by atoms with Gasteiger partial charge in [0.1, 0.15) is 5.25 Å². The van der Waals surface area contributed by atoms with Gasteiger partial charge in [0, 0.05) is 4.47 Å². The summed E-state index contributed by atoms with van der Waals surface area (Å²) in [5.74, 6) is 0.485. The number of nitriles is 1. The largest absolute Gasteiger partial charge is 0.197 e. The van der Waals surface area contributed by atoms with Gasteiger partial charge in [0.25, 0.3) is 0 Å². The minimum atomic E-state index is -0.340. The summed E-state index contributed by atoms with van der Waals surface area (Å²) in [5, 5.41) is 8.38. The second-order valence-corrected chi connectivity index (χ2v) is 4.84. The number of rotatable bonds is 2.